The minimum atomic E-state index is -0.683. The van der Waals surface area contributed by atoms with E-state index in [-0.39, 0.29) is 11.6 Å². The number of nitrogens with zero attached hydrogens (tertiary/aromatic N) is 4. The molecular formula is C23H26N6O2S. The topological polar surface area (TPSA) is 104 Å². The number of amides is 2. The highest BCUT2D eigenvalue weighted by atomic mass is 32.1. The molecule has 32 heavy (non-hydrogen) atoms. The number of rotatable bonds is 6. The van der Waals surface area contributed by atoms with Crippen molar-refractivity contribution < 1.29 is 9.59 Å². The molecule has 0 atom stereocenters. The largest absolute Gasteiger partial charge is 0.364 e. The van der Waals surface area contributed by atoms with Gasteiger partial charge >= 0.3 is 0 Å². The number of nitrogens with one attached hydrogen (secondary N) is 1. The summed E-state index contributed by atoms with van der Waals surface area (Å²) in [4.78, 5) is 37.9. The van der Waals surface area contributed by atoms with Crippen molar-refractivity contribution in [3.8, 4) is 10.6 Å². The van der Waals surface area contributed by atoms with E-state index in [1.807, 2.05) is 25.1 Å². The Morgan fingerprint density at radius 2 is 1.84 bits per heavy atom. The predicted molar refractivity (Wildman–Crippen MR) is 126 cm³/mol. The number of aromatic nitrogens is 2. The zero-order valence-electron chi connectivity index (χ0n) is 18.2. The molecule has 8 nitrogen and oxygen atoms in total. The summed E-state index contributed by atoms with van der Waals surface area (Å²) in [5.41, 5.74) is 9.01. The van der Waals surface area contributed by atoms with Crippen LogP contribution in [-0.4, -0.2) is 64.8 Å². The highest BCUT2D eigenvalue weighted by molar-refractivity contribution is 7.19. The number of thiazole rings is 1. The van der Waals surface area contributed by atoms with E-state index in [9.17, 15) is 9.59 Å². The van der Waals surface area contributed by atoms with Crippen LogP contribution in [0.3, 0.4) is 0 Å². The summed E-state index contributed by atoms with van der Waals surface area (Å²) in [5.74, 6) is -0.989. The quantitative estimate of drug-likeness (QED) is 0.598. The van der Waals surface area contributed by atoms with Gasteiger partial charge < -0.3 is 16.0 Å². The number of pyridine rings is 1. The number of benzene rings is 1. The zero-order valence-corrected chi connectivity index (χ0v) is 19.0. The summed E-state index contributed by atoms with van der Waals surface area (Å²) in [7, 11) is 2.14. The second-order valence-electron chi connectivity index (χ2n) is 7.98. The van der Waals surface area contributed by atoms with Gasteiger partial charge in [0, 0.05) is 56.2 Å². The summed E-state index contributed by atoms with van der Waals surface area (Å²) < 4.78 is 0. The Bertz CT molecular complexity index is 1120. The number of carbonyl (C=O) groups is 2. The average Bonchev–Trinajstić information content (AvgIpc) is 3.20. The minimum Gasteiger partial charge on any atom is -0.364 e. The molecule has 3 N–H and O–H groups in total. The smallest absolute Gasteiger partial charge is 0.270 e. The Labute approximate surface area is 191 Å². The van der Waals surface area contributed by atoms with Crippen molar-refractivity contribution in [2.45, 2.75) is 13.5 Å². The van der Waals surface area contributed by atoms with Gasteiger partial charge in [-0.15, -0.1) is 0 Å². The molecule has 4 rings (SSSR count). The van der Waals surface area contributed by atoms with Gasteiger partial charge in [-0.2, -0.15) is 0 Å². The second kappa shape index (κ2) is 9.56. The van der Waals surface area contributed by atoms with Crippen LogP contribution in [-0.2, 0) is 6.54 Å². The first-order chi connectivity index (χ1) is 15.4. The van der Waals surface area contributed by atoms with Gasteiger partial charge in [0.25, 0.3) is 11.8 Å². The van der Waals surface area contributed by atoms with Gasteiger partial charge in [-0.05, 0) is 43.3 Å². The number of piperazine rings is 1. The number of hydrogen-bond acceptors (Lipinski definition) is 7. The van der Waals surface area contributed by atoms with E-state index in [1.165, 1.54) is 11.3 Å². The van der Waals surface area contributed by atoms with Crippen LogP contribution in [0.4, 0.5) is 5.00 Å². The molecule has 3 heterocycles. The maximum Gasteiger partial charge on any atom is 0.270 e. The number of primary amides is 1. The minimum absolute atomic E-state index is 0.0567. The maximum atomic E-state index is 12.8. The summed E-state index contributed by atoms with van der Waals surface area (Å²) in [6, 6.07) is 9.38. The normalized spacial score (nSPS) is 14.9. The fourth-order valence-electron chi connectivity index (χ4n) is 3.60. The summed E-state index contributed by atoms with van der Waals surface area (Å²) in [6.45, 7) is 7.00. The Balaban J connectivity index is 1.47. The summed E-state index contributed by atoms with van der Waals surface area (Å²) in [5, 5.41) is 3.76. The highest BCUT2D eigenvalue weighted by Gasteiger charge is 2.20. The van der Waals surface area contributed by atoms with Crippen molar-refractivity contribution in [2.75, 3.05) is 38.5 Å². The molecule has 0 bridgehead atoms. The number of anilines is 1. The van der Waals surface area contributed by atoms with Gasteiger partial charge in [-0.25, -0.2) is 4.98 Å². The van der Waals surface area contributed by atoms with Crippen molar-refractivity contribution in [3.05, 3.63) is 65.1 Å². The molecule has 0 aliphatic carbocycles. The van der Waals surface area contributed by atoms with Crippen molar-refractivity contribution >= 4 is 28.2 Å². The molecule has 1 saturated heterocycles. The Kier molecular flexibility index (Phi) is 6.59. The van der Waals surface area contributed by atoms with Gasteiger partial charge in [0.1, 0.15) is 10.0 Å². The molecule has 9 heteroatoms. The monoisotopic (exact) mass is 450 g/mol. The number of aryl methyl sites for hydroxylation is 1. The van der Waals surface area contributed by atoms with Crippen LogP contribution in [0.1, 0.15) is 32.0 Å². The van der Waals surface area contributed by atoms with Gasteiger partial charge in [-0.3, -0.25) is 19.5 Å². The lowest BCUT2D eigenvalue weighted by Gasteiger charge is -2.32. The number of nitrogens with two attached hydrogens (primary N) is 1. The Hall–Kier alpha value is -3.14. The van der Waals surface area contributed by atoms with E-state index in [4.69, 9.17) is 5.73 Å². The van der Waals surface area contributed by atoms with E-state index in [2.05, 4.69) is 32.1 Å². The second-order valence-corrected chi connectivity index (χ2v) is 8.98. The third kappa shape index (κ3) is 5.01. The average molecular weight is 451 g/mol. The fraction of sp³-hybridized carbons (Fsp3) is 0.304. The van der Waals surface area contributed by atoms with Crippen molar-refractivity contribution in [2.24, 2.45) is 5.73 Å². The molecule has 1 aliphatic heterocycles. The van der Waals surface area contributed by atoms with E-state index >= 15 is 0 Å². The standard InChI is InChI=1S/C23H26N6O2S/c1-15-13-25-8-7-18(15)22-26-19(20(24)30)23(32-22)27-21(31)17-5-3-16(4-6-17)14-29-11-9-28(2)10-12-29/h3-8,13H,9-12,14H2,1-2H3,(H2,24,30)(H,27,31). The molecule has 1 aromatic carbocycles. The molecule has 2 amide bonds. The van der Waals surface area contributed by atoms with Gasteiger partial charge in [0.15, 0.2) is 5.69 Å². The van der Waals surface area contributed by atoms with Crippen LogP contribution in [0, 0.1) is 6.92 Å². The molecule has 0 unspecified atom stereocenters. The van der Waals surface area contributed by atoms with Gasteiger partial charge in [0.2, 0.25) is 0 Å². The Morgan fingerprint density at radius 3 is 2.50 bits per heavy atom. The van der Waals surface area contributed by atoms with Crippen LogP contribution >= 0.6 is 11.3 Å². The predicted octanol–water partition coefficient (Wildman–Crippen LogP) is 2.61. The molecule has 1 aliphatic rings. The molecule has 166 valence electrons. The Morgan fingerprint density at radius 1 is 1.12 bits per heavy atom. The molecule has 3 aromatic rings. The van der Waals surface area contributed by atoms with E-state index < -0.39 is 5.91 Å². The van der Waals surface area contributed by atoms with Crippen LogP contribution < -0.4 is 11.1 Å². The summed E-state index contributed by atoms with van der Waals surface area (Å²) >= 11 is 1.22. The van der Waals surface area contributed by atoms with E-state index in [0.29, 0.717) is 15.6 Å². The van der Waals surface area contributed by atoms with Crippen molar-refractivity contribution in [1.29, 1.82) is 0 Å². The number of likely N-dealkylation sites (N-methyl/N-ethyl adjacent to an activating group) is 1. The first-order valence-electron chi connectivity index (χ1n) is 10.4. The molecule has 0 spiro atoms. The lowest BCUT2D eigenvalue weighted by molar-refractivity contribution is 0.0997. The first-order valence-corrected chi connectivity index (χ1v) is 11.2. The SMILES string of the molecule is Cc1cnccc1-c1nc(C(N)=O)c(NC(=O)c2ccc(CN3CCN(C)CC3)cc2)s1. The maximum absolute atomic E-state index is 12.8. The van der Waals surface area contributed by atoms with E-state index in [0.717, 1.165) is 49.4 Å². The zero-order chi connectivity index (χ0) is 22.7. The third-order valence-corrected chi connectivity index (χ3v) is 6.56. The number of hydrogen-bond donors (Lipinski definition) is 2. The van der Waals surface area contributed by atoms with Gasteiger partial charge in [0.05, 0.1) is 0 Å². The van der Waals surface area contributed by atoms with Gasteiger partial charge in [-0.1, -0.05) is 23.5 Å². The first kappa shape index (κ1) is 22.1. The van der Waals surface area contributed by atoms with Crippen molar-refractivity contribution in [1.82, 2.24) is 19.8 Å². The lowest BCUT2D eigenvalue weighted by Crippen LogP contribution is -2.43. The van der Waals surface area contributed by atoms with Crippen molar-refractivity contribution in [3.63, 3.8) is 0 Å². The highest BCUT2D eigenvalue weighted by Crippen LogP contribution is 2.33. The third-order valence-electron chi connectivity index (χ3n) is 5.56. The molecule has 0 radical (unpaired) electrons. The molecule has 2 aromatic heterocycles. The molecular weight excluding hydrogens is 424 g/mol. The van der Waals surface area contributed by atoms with E-state index in [1.54, 1.807) is 24.5 Å². The summed E-state index contributed by atoms with van der Waals surface area (Å²) in [6.07, 6.45) is 3.39. The molecule has 0 saturated carbocycles. The number of carbonyl (C=O) groups excluding carboxylic acids is 2. The van der Waals surface area contributed by atoms with Crippen LogP contribution in [0.2, 0.25) is 0 Å². The lowest BCUT2D eigenvalue weighted by atomic mass is 10.1. The van der Waals surface area contributed by atoms with Crippen LogP contribution in [0.15, 0.2) is 42.7 Å². The fourth-order valence-corrected chi connectivity index (χ4v) is 4.66. The van der Waals surface area contributed by atoms with Crippen LogP contribution in [0.5, 0.6) is 0 Å². The van der Waals surface area contributed by atoms with Crippen LogP contribution in [0.25, 0.3) is 10.6 Å². The molecule has 1 fully saturated rings.